The van der Waals surface area contributed by atoms with Crippen LogP contribution in [0, 0.1) is 5.82 Å². The molecule has 1 heterocycles. The maximum Gasteiger partial charge on any atom is 0.471 e. The number of rotatable bonds is 4. The minimum Gasteiger partial charge on any atom is -0.329 e. The summed E-state index contributed by atoms with van der Waals surface area (Å²) in [5.74, 6) is -2.08. The second-order valence-electron chi connectivity index (χ2n) is 5.66. The number of hydrogen-bond donors (Lipinski definition) is 0. The number of benzene rings is 2. The quantitative estimate of drug-likeness (QED) is 0.604. The fourth-order valence-electron chi connectivity index (χ4n) is 2.22. The maximum absolute atomic E-state index is 13.2. The molecule has 0 aliphatic carbocycles. The summed E-state index contributed by atoms with van der Waals surface area (Å²) in [6.45, 7) is 0.0641. The van der Waals surface area contributed by atoms with Gasteiger partial charge in [-0.25, -0.2) is 13.0 Å². The van der Waals surface area contributed by atoms with E-state index in [0.717, 1.165) is 0 Å². The highest BCUT2D eigenvalue weighted by Gasteiger charge is 2.38. The van der Waals surface area contributed by atoms with Crippen LogP contribution in [0.25, 0.3) is 11.4 Å². The molecular formula is C17H13F4N3O2S. The molecule has 0 saturated carbocycles. The van der Waals surface area contributed by atoms with Gasteiger partial charge in [-0.1, -0.05) is 17.3 Å². The van der Waals surface area contributed by atoms with E-state index in [2.05, 4.69) is 19.0 Å². The van der Waals surface area contributed by atoms with Gasteiger partial charge in [-0.3, -0.25) is 0 Å². The van der Waals surface area contributed by atoms with Crippen molar-refractivity contribution in [3.63, 3.8) is 0 Å². The largest absolute Gasteiger partial charge is 0.471 e. The Kier molecular flexibility index (Phi) is 5.01. The lowest BCUT2D eigenvalue weighted by atomic mass is 10.2. The Morgan fingerprint density at radius 3 is 2.44 bits per heavy atom. The van der Waals surface area contributed by atoms with Crippen molar-refractivity contribution in [2.24, 2.45) is 4.36 Å². The Hall–Kier alpha value is -2.75. The zero-order valence-electron chi connectivity index (χ0n) is 13.9. The highest BCUT2D eigenvalue weighted by molar-refractivity contribution is 7.93. The van der Waals surface area contributed by atoms with Crippen LogP contribution in [0.1, 0.15) is 11.5 Å². The predicted molar refractivity (Wildman–Crippen MR) is 89.6 cm³/mol. The number of hydrogen-bond acceptors (Lipinski definition) is 5. The Labute approximate surface area is 152 Å². The van der Waals surface area contributed by atoms with E-state index in [1.807, 2.05) is 0 Å². The average molecular weight is 399 g/mol. The monoisotopic (exact) mass is 399 g/mol. The van der Waals surface area contributed by atoms with Crippen molar-refractivity contribution in [1.82, 2.24) is 10.1 Å². The highest BCUT2D eigenvalue weighted by atomic mass is 32.2. The van der Waals surface area contributed by atoms with Gasteiger partial charge >= 0.3 is 12.1 Å². The minimum absolute atomic E-state index is 0.0641. The van der Waals surface area contributed by atoms with Crippen LogP contribution < -0.4 is 0 Å². The van der Waals surface area contributed by atoms with Gasteiger partial charge in [0.05, 0.1) is 16.3 Å². The Balaban J connectivity index is 1.82. The van der Waals surface area contributed by atoms with Gasteiger partial charge in [0.1, 0.15) is 5.82 Å². The summed E-state index contributed by atoms with van der Waals surface area (Å²) in [6.07, 6.45) is -3.30. The van der Waals surface area contributed by atoms with Gasteiger partial charge < -0.3 is 4.52 Å². The van der Waals surface area contributed by atoms with Gasteiger partial charge in [0.2, 0.25) is 5.82 Å². The molecule has 0 aliphatic rings. The highest BCUT2D eigenvalue weighted by Crippen LogP contribution is 2.29. The molecule has 1 unspecified atom stereocenters. The first-order chi connectivity index (χ1) is 12.6. The van der Waals surface area contributed by atoms with E-state index in [9.17, 15) is 21.8 Å². The van der Waals surface area contributed by atoms with Crippen molar-refractivity contribution < 1.29 is 26.3 Å². The molecule has 0 fully saturated rings. The van der Waals surface area contributed by atoms with Crippen molar-refractivity contribution in [3.8, 4) is 11.4 Å². The zero-order chi connectivity index (χ0) is 19.7. The van der Waals surface area contributed by atoms with Gasteiger partial charge in [0.15, 0.2) is 0 Å². The molecule has 0 saturated heterocycles. The summed E-state index contributed by atoms with van der Waals surface area (Å²) in [7, 11) is -2.78. The lowest BCUT2D eigenvalue weighted by molar-refractivity contribution is -0.159. The van der Waals surface area contributed by atoms with Crippen LogP contribution in [0.15, 0.2) is 62.3 Å². The van der Waals surface area contributed by atoms with Crippen LogP contribution >= 0.6 is 0 Å². The summed E-state index contributed by atoms with van der Waals surface area (Å²) in [6, 6.07) is 11.6. The van der Waals surface area contributed by atoms with Crippen LogP contribution in [0.2, 0.25) is 0 Å². The number of halogens is 4. The van der Waals surface area contributed by atoms with Crippen LogP contribution in [0.3, 0.4) is 0 Å². The molecule has 142 valence electrons. The van der Waals surface area contributed by atoms with Gasteiger partial charge in [-0.2, -0.15) is 18.2 Å². The van der Waals surface area contributed by atoms with Gasteiger partial charge in [0.25, 0.3) is 0 Å². The van der Waals surface area contributed by atoms with E-state index in [4.69, 9.17) is 0 Å². The summed E-state index contributed by atoms with van der Waals surface area (Å²) in [5, 5.41) is 3.29. The molecule has 1 aromatic heterocycles. The molecule has 0 aliphatic heterocycles. The van der Waals surface area contributed by atoms with Crippen molar-refractivity contribution >= 4 is 9.73 Å². The molecule has 5 nitrogen and oxygen atoms in total. The first-order valence-electron chi connectivity index (χ1n) is 7.59. The smallest absolute Gasteiger partial charge is 0.329 e. The molecule has 2 aromatic carbocycles. The molecule has 0 N–H and O–H groups in total. The third-order valence-electron chi connectivity index (χ3n) is 3.60. The lowest BCUT2D eigenvalue weighted by Gasteiger charge is -2.06. The molecule has 0 spiro atoms. The van der Waals surface area contributed by atoms with Crippen molar-refractivity contribution in [2.45, 2.75) is 17.6 Å². The Bertz CT molecular complexity index is 1070. The summed E-state index contributed by atoms with van der Waals surface area (Å²) < 4.78 is 71.8. The lowest BCUT2D eigenvalue weighted by Crippen LogP contribution is -2.04. The van der Waals surface area contributed by atoms with E-state index in [1.165, 1.54) is 48.7 Å². The molecule has 3 aromatic rings. The van der Waals surface area contributed by atoms with Gasteiger partial charge in [-0.05, 0) is 42.0 Å². The van der Waals surface area contributed by atoms with Gasteiger partial charge in [0, 0.05) is 16.7 Å². The minimum atomic E-state index is -4.72. The first-order valence-corrected chi connectivity index (χ1v) is 9.51. The topological polar surface area (TPSA) is 68.3 Å². The zero-order valence-corrected chi connectivity index (χ0v) is 14.7. The maximum atomic E-state index is 13.2. The number of nitrogens with zero attached hydrogens (tertiary/aromatic N) is 3. The first kappa shape index (κ1) is 19.0. The number of alkyl halides is 3. The standard InChI is InChI=1S/C17H13F4N3O2S/c1-27(25,22-10-11-3-2-4-13(18)9-11)14-7-5-12(6-8-14)15-23-16(26-24-15)17(19,20)21/h2-9H,10H2,1H3. The van der Waals surface area contributed by atoms with Crippen LogP contribution in [0.4, 0.5) is 17.6 Å². The molecular weight excluding hydrogens is 386 g/mol. The summed E-state index contributed by atoms with van der Waals surface area (Å²) in [4.78, 5) is 3.67. The van der Waals surface area contributed by atoms with Crippen molar-refractivity contribution in [2.75, 3.05) is 6.26 Å². The number of aromatic nitrogens is 2. The van der Waals surface area contributed by atoms with Crippen molar-refractivity contribution in [1.29, 1.82) is 0 Å². The molecule has 10 heteroatoms. The van der Waals surface area contributed by atoms with E-state index in [0.29, 0.717) is 10.5 Å². The molecule has 0 radical (unpaired) electrons. The third kappa shape index (κ3) is 4.51. The second kappa shape index (κ2) is 7.10. The molecule has 27 heavy (non-hydrogen) atoms. The van der Waals surface area contributed by atoms with Crippen molar-refractivity contribution in [3.05, 3.63) is 65.8 Å². The average Bonchev–Trinajstić information content (AvgIpc) is 3.11. The summed E-state index contributed by atoms with van der Waals surface area (Å²) >= 11 is 0. The van der Waals surface area contributed by atoms with Crippen LogP contribution in [-0.2, 0) is 22.5 Å². The Morgan fingerprint density at radius 1 is 1.15 bits per heavy atom. The molecule has 3 rings (SSSR count). The molecule has 0 amide bonds. The van der Waals surface area contributed by atoms with E-state index in [-0.39, 0.29) is 17.9 Å². The van der Waals surface area contributed by atoms with E-state index in [1.54, 1.807) is 6.07 Å². The third-order valence-corrected chi connectivity index (χ3v) is 5.37. The Morgan fingerprint density at radius 2 is 1.85 bits per heavy atom. The van der Waals surface area contributed by atoms with E-state index < -0.39 is 27.6 Å². The van der Waals surface area contributed by atoms with Crippen LogP contribution in [-0.4, -0.2) is 20.6 Å². The van der Waals surface area contributed by atoms with E-state index >= 15 is 0 Å². The molecule has 1 atom stereocenters. The summed E-state index contributed by atoms with van der Waals surface area (Å²) in [5.41, 5.74) is 0.853. The SMILES string of the molecule is CS(=O)(=NCc1cccc(F)c1)c1ccc(-c2noc(C(F)(F)F)n2)cc1. The normalized spacial score (nSPS) is 14.0. The molecule has 0 bridgehead atoms. The fraction of sp³-hybridized carbons (Fsp3) is 0.176. The second-order valence-corrected chi connectivity index (χ2v) is 8.00. The van der Waals surface area contributed by atoms with Crippen LogP contribution in [0.5, 0.6) is 0 Å². The predicted octanol–water partition coefficient (Wildman–Crippen LogP) is 4.55. The van der Waals surface area contributed by atoms with Gasteiger partial charge in [-0.15, -0.1) is 0 Å². The fourth-order valence-corrected chi connectivity index (χ4v) is 3.41.